The van der Waals surface area contributed by atoms with Crippen molar-refractivity contribution < 1.29 is 9.84 Å². The Bertz CT molecular complexity index is 1080. The molecule has 0 unspecified atom stereocenters. The first-order valence-corrected chi connectivity index (χ1v) is 7.33. The molecule has 2 aromatic carbocycles. The molecule has 4 aromatic rings. The van der Waals surface area contributed by atoms with Crippen molar-refractivity contribution >= 4 is 27.5 Å². The fraction of sp³-hybridized carbons (Fsp3) is 0.0556. The third kappa shape index (κ3) is 1.93. The summed E-state index contributed by atoms with van der Waals surface area (Å²) in [6.07, 6.45) is 1.67. The molecule has 6 heteroatoms. The maximum Gasteiger partial charge on any atom is 0.205 e. The van der Waals surface area contributed by atoms with Gasteiger partial charge in [-0.1, -0.05) is 18.2 Å². The number of nitrogens with zero attached hydrogens (tertiary/aromatic N) is 3. The molecular weight excluding hydrogens is 306 g/mol. The van der Waals surface area contributed by atoms with Crippen molar-refractivity contribution in [1.82, 2.24) is 9.55 Å². The van der Waals surface area contributed by atoms with Crippen LogP contribution in [0.5, 0.6) is 11.6 Å². The number of nitroso groups, excluding NO2 is 1. The maximum atomic E-state index is 11.5. The van der Waals surface area contributed by atoms with Crippen molar-refractivity contribution in [2.45, 2.75) is 0 Å². The van der Waals surface area contributed by atoms with Crippen molar-refractivity contribution in [3.05, 3.63) is 59.6 Å². The Morgan fingerprint density at radius 3 is 2.75 bits per heavy atom. The third-order valence-electron chi connectivity index (χ3n) is 4.07. The molecule has 0 amide bonds. The lowest BCUT2D eigenvalue weighted by Gasteiger charge is -2.09. The molecule has 2 aromatic heterocycles. The van der Waals surface area contributed by atoms with Crippen molar-refractivity contribution in [2.24, 2.45) is 5.18 Å². The van der Waals surface area contributed by atoms with Gasteiger partial charge in [-0.25, -0.2) is 0 Å². The van der Waals surface area contributed by atoms with Crippen LogP contribution in [0.4, 0.5) is 5.82 Å². The molecule has 6 nitrogen and oxygen atoms in total. The van der Waals surface area contributed by atoms with Gasteiger partial charge in [0.15, 0.2) is 5.82 Å². The number of hydrogen-bond acceptors (Lipinski definition) is 5. The van der Waals surface area contributed by atoms with Gasteiger partial charge in [-0.15, -0.1) is 4.91 Å². The Labute approximate surface area is 136 Å². The number of ether oxygens (including phenoxy) is 1. The first kappa shape index (κ1) is 14.2. The van der Waals surface area contributed by atoms with Crippen LogP contribution in [0.15, 0.2) is 59.9 Å². The fourth-order valence-electron chi connectivity index (χ4n) is 2.96. The van der Waals surface area contributed by atoms with E-state index in [1.54, 1.807) is 37.6 Å². The van der Waals surface area contributed by atoms with Crippen LogP contribution in [-0.4, -0.2) is 21.8 Å². The molecule has 0 aliphatic carbocycles. The minimum absolute atomic E-state index is 0.0552. The molecule has 0 saturated heterocycles. The summed E-state index contributed by atoms with van der Waals surface area (Å²) in [5, 5.41) is 15.8. The second-order valence-corrected chi connectivity index (χ2v) is 5.34. The minimum atomic E-state index is -0.0552. The summed E-state index contributed by atoms with van der Waals surface area (Å²) in [7, 11) is 1.54. The molecule has 0 atom stereocenters. The van der Waals surface area contributed by atoms with Gasteiger partial charge < -0.3 is 9.84 Å². The molecule has 24 heavy (non-hydrogen) atoms. The zero-order valence-corrected chi connectivity index (χ0v) is 12.8. The molecule has 0 fully saturated rings. The zero-order valence-electron chi connectivity index (χ0n) is 12.8. The average Bonchev–Trinajstić information content (AvgIpc) is 2.92. The summed E-state index contributed by atoms with van der Waals surface area (Å²) in [6.45, 7) is 0. The van der Waals surface area contributed by atoms with Gasteiger partial charge in [-0.2, -0.15) is 0 Å². The van der Waals surface area contributed by atoms with Gasteiger partial charge in [0.25, 0.3) is 0 Å². The highest BCUT2D eigenvalue weighted by molar-refractivity contribution is 6.00. The Balaban J connectivity index is 2.13. The van der Waals surface area contributed by atoms with Crippen LogP contribution in [0.25, 0.3) is 27.4 Å². The van der Waals surface area contributed by atoms with Gasteiger partial charge >= 0.3 is 0 Å². The Morgan fingerprint density at radius 1 is 1.12 bits per heavy atom. The number of methoxy groups -OCH3 is 1. The van der Waals surface area contributed by atoms with Crippen LogP contribution in [0.1, 0.15) is 0 Å². The SMILES string of the molecule is COc1ccc2c(O)n(-c3cccc4cccnc34)c(N=O)c2c1. The van der Waals surface area contributed by atoms with Gasteiger partial charge in [0, 0.05) is 22.4 Å². The number of hydrogen-bond donors (Lipinski definition) is 1. The number of rotatable bonds is 3. The van der Waals surface area contributed by atoms with Crippen LogP contribution in [0.3, 0.4) is 0 Å². The van der Waals surface area contributed by atoms with Crippen molar-refractivity contribution in [2.75, 3.05) is 7.11 Å². The standard InChI is InChI=1S/C18H13N3O3/c1-24-12-7-8-13-14(10-12)17(20-23)21(18(13)22)15-6-2-4-11-5-3-9-19-16(11)15/h2-10,22H,1H3. The van der Waals surface area contributed by atoms with E-state index in [2.05, 4.69) is 10.2 Å². The topological polar surface area (TPSA) is 76.7 Å². The quantitative estimate of drug-likeness (QED) is 0.571. The molecule has 1 N–H and O–H groups in total. The Hall–Kier alpha value is -3.41. The van der Waals surface area contributed by atoms with Crippen LogP contribution < -0.4 is 4.74 Å². The molecular formula is C18H13N3O3. The van der Waals surface area contributed by atoms with Crippen molar-refractivity contribution in [3.8, 4) is 17.3 Å². The molecule has 2 heterocycles. The lowest BCUT2D eigenvalue weighted by Crippen LogP contribution is -1.95. The van der Waals surface area contributed by atoms with Crippen molar-refractivity contribution in [3.63, 3.8) is 0 Å². The number of benzene rings is 2. The van der Waals surface area contributed by atoms with E-state index in [0.29, 0.717) is 27.7 Å². The molecule has 0 radical (unpaired) electrons. The van der Waals surface area contributed by atoms with Gasteiger partial charge in [-0.3, -0.25) is 9.55 Å². The lowest BCUT2D eigenvalue weighted by molar-refractivity contribution is 0.415. The normalized spacial score (nSPS) is 11.0. The summed E-state index contributed by atoms with van der Waals surface area (Å²) in [4.78, 5) is 15.9. The van der Waals surface area contributed by atoms with Gasteiger partial charge in [0.2, 0.25) is 5.88 Å². The van der Waals surface area contributed by atoms with Gasteiger partial charge in [-0.05, 0) is 35.5 Å². The van der Waals surface area contributed by atoms with Crippen LogP contribution in [-0.2, 0) is 0 Å². The Morgan fingerprint density at radius 2 is 1.96 bits per heavy atom. The molecule has 0 aliphatic heterocycles. The zero-order chi connectivity index (χ0) is 16.7. The maximum absolute atomic E-state index is 11.5. The van der Waals surface area contributed by atoms with Gasteiger partial charge in [0.1, 0.15) is 5.75 Å². The third-order valence-corrected chi connectivity index (χ3v) is 4.07. The van der Waals surface area contributed by atoms with E-state index in [4.69, 9.17) is 4.74 Å². The summed E-state index contributed by atoms with van der Waals surface area (Å²) < 4.78 is 6.62. The Kier molecular flexibility index (Phi) is 3.16. The second kappa shape index (κ2) is 5.34. The average molecular weight is 319 g/mol. The molecule has 0 bridgehead atoms. The molecule has 0 spiro atoms. The van der Waals surface area contributed by atoms with E-state index >= 15 is 0 Å². The summed E-state index contributed by atoms with van der Waals surface area (Å²) >= 11 is 0. The van der Waals surface area contributed by atoms with Crippen molar-refractivity contribution in [1.29, 1.82) is 0 Å². The van der Waals surface area contributed by atoms with Crippen LogP contribution in [0, 0.1) is 4.91 Å². The van der Waals surface area contributed by atoms with E-state index in [0.717, 1.165) is 5.39 Å². The number of fused-ring (bicyclic) bond motifs is 2. The molecule has 0 saturated carbocycles. The number of pyridine rings is 1. The molecule has 4 rings (SSSR count). The number of aromatic hydroxyl groups is 1. The monoisotopic (exact) mass is 319 g/mol. The van der Waals surface area contributed by atoms with Gasteiger partial charge in [0.05, 0.1) is 18.3 Å². The summed E-state index contributed by atoms with van der Waals surface area (Å²) in [6, 6.07) is 14.4. The van der Waals surface area contributed by atoms with E-state index < -0.39 is 0 Å². The van der Waals surface area contributed by atoms with Crippen LogP contribution in [0.2, 0.25) is 0 Å². The number of para-hydroxylation sites is 1. The first-order chi connectivity index (χ1) is 11.7. The van der Waals surface area contributed by atoms with E-state index in [1.807, 2.05) is 24.3 Å². The largest absolute Gasteiger partial charge is 0.497 e. The highest BCUT2D eigenvalue weighted by Crippen LogP contribution is 2.42. The number of aromatic nitrogens is 2. The second-order valence-electron chi connectivity index (χ2n) is 5.34. The predicted octanol–water partition coefficient (Wildman–Crippen LogP) is 4.29. The summed E-state index contributed by atoms with van der Waals surface area (Å²) in [5.74, 6) is 0.639. The highest BCUT2D eigenvalue weighted by atomic mass is 16.5. The molecule has 118 valence electrons. The first-order valence-electron chi connectivity index (χ1n) is 7.33. The predicted molar refractivity (Wildman–Crippen MR) is 92.2 cm³/mol. The molecule has 0 aliphatic rings. The summed E-state index contributed by atoms with van der Waals surface area (Å²) in [5.41, 5.74) is 1.27. The smallest absolute Gasteiger partial charge is 0.205 e. The van der Waals surface area contributed by atoms with E-state index in [1.165, 1.54) is 4.57 Å². The highest BCUT2D eigenvalue weighted by Gasteiger charge is 2.20. The van der Waals surface area contributed by atoms with E-state index in [-0.39, 0.29) is 11.7 Å². The van der Waals surface area contributed by atoms with E-state index in [9.17, 15) is 10.0 Å². The van der Waals surface area contributed by atoms with Crippen LogP contribution >= 0.6 is 0 Å². The minimum Gasteiger partial charge on any atom is -0.497 e. The fourth-order valence-corrected chi connectivity index (χ4v) is 2.96. The lowest BCUT2D eigenvalue weighted by atomic mass is 10.2.